The molecule has 0 aromatic heterocycles. The fraction of sp³-hybridized carbons (Fsp3) is 0.810. The molecule has 9 nitrogen and oxygen atoms in total. The lowest BCUT2D eigenvalue weighted by molar-refractivity contribution is -0.194. The van der Waals surface area contributed by atoms with Crippen LogP contribution < -0.4 is 0 Å². The summed E-state index contributed by atoms with van der Waals surface area (Å²) in [5.41, 5.74) is -0.955. The van der Waals surface area contributed by atoms with E-state index in [1.807, 2.05) is 0 Å². The first-order valence-electron chi connectivity index (χ1n) is 11.1. The molecule has 3 aliphatic rings. The van der Waals surface area contributed by atoms with Gasteiger partial charge >= 0.3 is 27.3 Å². The molecular weight excluding hydrogens is 466 g/mol. The van der Waals surface area contributed by atoms with E-state index in [1.54, 1.807) is 13.8 Å². The van der Waals surface area contributed by atoms with Crippen LogP contribution in [0.3, 0.4) is 0 Å². The summed E-state index contributed by atoms with van der Waals surface area (Å²) in [5.74, 6) is -4.29. The monoisotopic (exact) mass is 496 g/mol. The van der Waals surface area contributed by atoms with Crippen LogP contribution in [-0.4, -0.2) is 55.3 Å². The van der Waals surface area contributed by atoms with Gasteiger partial charge in [-0.3, -0.25) is 9.35 Å². The molecule has 1 spiro atoms. The number of esters is 2. The maximum atomic E-state index is 13.5. The number of hydrogen-bond donors (Lipinski definition) is 1. The summed E-state index contributed by atoms with van der Waals surface area (Å²) < 4.78 is 79.0. The zero-order valence-electron chi connectivity index (χ0n) is 18.7. The fourth-order valence-corrected chi connectivity index (χ4v) is 4.91. The van der Waals surface area contributed by atoms with E-state index >= 15 is 0 Å². The van der Waals surface area contributed by atoms with Crippen molar-refractivity contribution in [1.29, 1.82) is 0 Å². The molecule has 1 saturated carbocycles. The molecule has 3 unspecified atom stereocenters. The van der Waals surface area contributed by atoms with Gasteiger partial charge in [0.05, 0.1) is 12.0 Å². The maximum Gasteiger partial charge on any atom is 0.466 e. The lowest BCUT2D eigenvalue weighted by Crippen LogP contribution is -2.41. The second-order valence-electron chi connectivity index (χ2n) is 9.05. The number of rotatable bonds is 7. The van der Waals surface area contributed by atoms with Gasteiger partial charge in [-0.1, -0.05) is 20.3 Å². The Morgan fingerprint density at radius 3 is 2.52 bits per heavy atom. The van der Waals surface area contributed by atoms with Gasteiger partial charge in [0.1, 0.15) is 18.5 Å². The Morgan fingerprint density at radius 2 is 1.94 bits per heavy atom. The molecule has 0 aromatic carbocycles. The van der Waals surface area contributed by atoms with Crippen LogP contribution in [0.25, 0.3) is 0 Å². The van der Waals surface area contributed by atoms with E-state index in [1.165, 1.54) is 6.08 Å². The summed E-state index contributed by atoms with van der Waals surface area (Å²) in [4.78, 5) is 24.6. The molecule has 2 aliphatic carbocycles. The van der Waals surface area contributed by atoms with Gasteiger partial charge in [-0.25, -0.2) is 4.79 Å². The topological polar surface area (TPSA) is 125 Å². The standard InChI is InChI=1S/C21H30F2O9S/c1-3-19(17(24)29-12-15-13-30-20(32-15)8-5-4-6-9-20)10-7-16(14(2)11-19)31-18(25)21(22,23)33(26,27)28/h7,14-15H,3-6,8-13H2,1-2H3,(H,26,27,28). The summed E-state index contributed by atoms with van der Waals surface area (Å²) in [6.07, 6.45) is 6.36. The minimum absolute atomic E-state index is 0.0306. The lowest BCUT2D eigenvalue weighted by Gasteiger charge is -2.36. The van der Waals surface area contributed by atoms with Crippen LogP contribution in [0.1, 0.15) is 65.2 Å². The maximum absolute atomic E-state index is 13.5. The Bertz CT molecular complexity index is 895. The molecule has 1 N–H and O–H groups in total. The fourth-order valence-electron chi connectivity index (χ4n) is 4.65. The SMILES string of the molecule is CCC1(C(=O)OCC2COC3(CCCCC3)O2)CC=C(OC(=O)C(F)(F)S(=O)(=O)O)C(C)C1. The van der Waals surface area contributed by atoms with Crippen LogP contribution >= 0.6 is 0 Å². The van der Waals surface area contributed by atoms with Gasteiger partial charge < -0.3 is 18.9 Å². The van der Waals surface area contributed by atoms with Crippen molar-refractivity contribution in [2.45, 2.75) is 82.4 Å². The molecule has 33 heavy (non-hydrogen) atoms. The largest absolute Gasteiger partial charge is 0.466 e. The van der Waals surface area contributed by atoms with Crippen molar-refractivity contribution < 1.29 is 50.3 Å². The van der Waals surface area contributed by atoms with Crippen molar-refractivity contribution in [3.05, 3.63) is 11.8 Å². The second-order valence-corrected chi connectivity index (χ2v) is 10.5. The number of ether oxygens (including phenoxy) is 4. The first-order chi connectivity index (χ1) is 15.3. The molecule has 1 aliphatic heterocycles. The van der Waals surface area contributed by atoms with Gasteiger partial charge in [-0.15, -0.1) is 0 Å². The molecule has 12 heteroatoms. The molecule has 188 valence electrons. The Labute approximate surface area is 191 Å². The van der Waals surface area contributed by atoms with E-state index in [2.05, 4.69) is 4.74 Å². The third-order valence-electron chi connectivity index (χ3n) is 6.69. The van der Waals surface area contributed by atoms with Crippen LogP contribution in [0.4, 0.5) is 8.78 Å². The predicted molar refractivity (Wildman–Crippen MR) is 109 cm³/mol. The van der Waals surface area contributed by atoms with Gasteiger partial charge in [0.2, 0.25) is 0 Å². The van der Waals surface area contributed by atoms with Crippen molar-refractivity contribution >= 4 is 22.1 Å². The minimum Gasteiger partial charge on any atom is -0.462 e. The summed E-state index contributed by atoms with van der Waals surface area (Å²) in [5, 5.41) is -5.09. The first kappa shape index (κ1) is 26.0. The number of halogens is 2. The summed E-state index contributed by atoms with van der Waals surface area (Å²) in [6, 6.07) is 0. The third kappa shape index (κ3) is 5.39. The molecule has 0 amide bonds. The van der Waals surface area contributed by atoms with Crippen LogP contribution in [0, 0.1) is 11.3 Å². The quantitative estimate of drug-likeness (QED) is 0.417. The average molecular weight is 497 g/mol. The van der Waals surface area contributed by atoms with Crippen LogP contribution in [0.15, 0.2) is 11.8 Å². The Kier molecular flexibility index (Phi) is 7.52. The van der Waals surface area contributed by atoms with Gasteiger partial charge in [0.15, 0.2) is 5.79 Å². The molecular formula is C21H30F2O9S. The molecule has 0 radical (unpaired) electrons. The van der Waals surface area contributed by atoms with Crippen molar-refractivity contribution in [3.63, 3.8) is 0 Å². The number of carbonyl (C=O) groups excluding carboxylic acids is 2. The Balaban J connectivity index is 1.59. The van der Waals surface area contributed by atoms with Gasteiger partial charge in [0, 0.05) is 18.8 Å². The highest BCUT2D eigenvalue weighted by Crippen LogP contribution is 2.44. The Hall–Kier alpha value is -1.63. The number of hydrogen-bond acceptors (Lipinski definition) is 8. The summed E-state index contributed by atoms with van der Waals surface area (Å²) in [6.45, 7) is 3.72. The zero-order valence-corrected chi connectivity index (χ0v) is 19.5. The average Bonchev–Trinajstić information content (AvgIpc) is 3.15. The second kappa shape index (κ2) is 9.55. The van der Waals surface area contributed by atoms with E-state index in [-0.39, 0.29) is 31.3 Å². The van der Waals surface area contributed by atoms with E-state index in [9.17, 15) is 26.8 Å². The van der Waals surface area contributed by atoms with Crippen LogP contribution in [0.5, 0.6) is 0 Å². The van der Waals surface area contributed by atoms with Crippen LogP contribution in [0.2, 0.25) is 0 Å². The van der Waals surface area contributed by atoms with E-state index in [0.29, 0.717) is 13.0 Å². The summed E-state index contributed by atoms with van der Waals surface area (Å²) >= 11 is 0. The van der Waals surface area contributed by atoms with Crippen molar-refractivity contribution in [2.75, 3.05) is 13.2 Å². The predicted octanol–water partition coefficient (Wildman–Crippen LogP) is 3.34. The van der Waals surface area contributed by atoms with Gasteiger partial charge in [-0.2, -0.15) is 17.2 Å². The first-order valence-corrected chi connectivity index (χ1v) is 12.5. The normalized spacial score (nSPS) is 30.0. The highest BCUT2D eigenvalue weighted by molar-refractivity contribution is 7.87. The van der Waals surface area contributed by atoms with E-state index in [0.717, 1.165) is 32.1 Å². The minimum atomic E-state index is -5.97. The molecule has 1 heterocycles. The van der Waals surface area contributed by atoms with Gasteiger partial charge in [0.25, 0.3) is 0 Å². The van der Waals surface area contributed by atoms with E-state index in [4.69, 9.17) is 18.8 Å². The number of allylic oxidation sites excluding steroid dienone is 2. The smallest absolute Gasteiger partial charge is 0.462 e. The third-order valence-corrected chi connectivity index (χ3v) is 7.50. The van der Waals surface area contributed by atoms with E-state index < -0.39 is 44.4 Å². The summed E-state index contributed by atoms with van der Waals surface area (Å²) in [7, 11) is -5.97. The molecule has 0 aromatic rings. The molecule has 3 atom stereocenters. The van der Waals surface area contributed by atoms with Crippen LogP contribution in [-0.2, 0) is 38.7 Å². The number of carbonyl (C=O) groups is 2. The van der Waals surface area contributed by atoms with Gasteiger partial charge in [-0.05, 0) is 38.2 Å². The molecule has 1 saturated heterocycles. The molecule has 3 rings (SSSR count). The van der Waals surface area contributed by atoms with Crippen molar-refractivity contribution in [3.8, 4) is 0 Å². The van der Waals surface area contributed by atoms with Crippen molar-refractivity contribution in [1.82, 2.24) is 0 Å². The molecule has 0 bridgehead atoms. The van der Waals surface area contributed by atoms with Crippen molar-refractivity contribution in [2.24, 2.45) is 11.3 Å². The lowest BCUT2D eigenvalue weighted by atomic mass is 9.71. The highest BCUT2D eigenvalue weighted by atomic mass is 32.2. The number of alkyl halides is 2. The zero-order chi connectivity index (χ0) is 24.5. The highest BCUT2D eigenvalue weighted by Gasteiger charge is 2.55. The molecule has 2 fully saturated rings. The Morgan fingerprint density at radius 1 is 1.27 bits per heavy atom.